The minimum atomic E-state index is -0.850. The van der Waals surface area contributed by atoms with Crippen molar-refractivity contribution >= 4 is 23.4 Å². The van der Waals surface area contributed by atoms with E-state index in [0.717, 1.165) is 4.90 Å². The maximum absolute atomic E-state index is 12.8. The van der Waals surface area contributed by atoms with Crippen LogP contribution in [0.1, 0.15) is 6.42 Å². The number of hydrogen-bond donors (Lipinski definition) is 2. The number of nitrogens with zero attached hydrogens (tertiary/aromatic N) is 1. The van der Waals surface area contributed by atoms with E-state index in [1.807, 2.05) is 0 Å². The number of carbonyl (C=O) groups is 3. The van der Waals surface area contributed by atoms with Crippen molar-refractivity contribution < 1.29 is 23.5 Å². The summed E-state index contributed by atoms with van der Waals surface area (Å²) in [5.74, 6) is -1.40. The van der Waals surface area contributed by atoms with Gasteiger partial charge in [-0.15, -0.1) is 0 Å². The van der Waals surface area contributed by atoms with Crippen LogP contribution in [-0.2, 0) is 14.4 Å². The number of ether oxygens (including phenoxy) is 1. The average Bonchev–Trinajstić information content (AvgIpc) is 2.93. The number of halogens is 1. The quantitative estimate of drug-likeness (QED) is 0.598. The van der Waals surface area contributed by atoms with Gasteiger partial charge in [0.2, 0.25) is 5.91 Å². The summed E-state index contributed by atoms with van der Waals surface area (Å²) in [4.78, 5) is 37.3. The van der Waals surface area contributed by atoms with Crippen LogP contribution in [0.5, 0.6) is 5.75 Å². The van der Waals surface area contributed by atoms with Crippen molar-refractivity contribution in [2.24, 2.45) is 0 Å². The van der Waals surface area contributed by atoms with Gasteiger partial charge in [-0.25, -0.2) is 14.7 Å². The second-order valence-electron chi connectivity index (χ2n) is 5.59. The third-order valence-electron chi connectivity index (χ3n) is 3.73. The Hall–Kier alpha value is -3.26. The van der Waals surface area contributed by atoms with Crippen molar-refractivity contribution in [3.05, 3.63) is 60.4 Å². The normalized spacial score (nSPS) is 16.7. The highest BCUT2D eigenvalue weighted by Crippen LogP contribution is 2.22. The number of amides is 3. The Morgan fingerprint density at radius 3 is 2.50 bits per heavy atom. The number of hydrazine groups is 1. The Kier molecular flexibility index (Phi) is 5.23. The monoisotopic (exact) mass is 357 g/mol. The van der Waals surface area contributed by atoms with Crippen molar-refractivity contribution in [3.63, 3.8) is 0 Å². The minimum absolute atomic E-state index is 0.0627. The van der Waals surface area contributed by atoms with Gasteiger partial charge >= 0.3 is 0 Å². The van der Waals surface area contributed by atoms with Crippen molar-refractivity contribution in [1.82, 2.24) is 10.9 Å². The fourth-order valence-corrected chi connectivity index (χ4v) is 2.48. The Balaban J connectivity index is 1.50. The third-order valence-corrected chi connectivity index (χ3v) is 3.73. The Bertz CT molecular complexity index is 811. The lowest BCUT2D eigenvalue weighted by atomic mass is 10.2. The van der Waals surface area contributed by atoms with Crippen molar-refractivity contribution in [3.8, 4) is 5.75 Å². The third kappa shape index (κ3) is 4.04. The first-order valence-corrected chi connectivity index (χ1v) is 7.89. The summed E-state index contributed by atoms with van der Waals surface area (Å²) < 4.78 is 18.0. The highest BCUT2D eigenvalue weighted by Gasteiger charge is 2.39. The molecular formula is C18H16FN3O4. The average molecular weight is 357 g/mol. The zero-order valence-corrected chi connectivity index (χ0v) is 13.6. The molecule has 0 radical (unpaired) electrons. The molecule has 134 valence electrons. The zero-order valence-electron chi connectivity index (χ0n) is 13.6. The van der Waals surface area contributed by atoms with E-state index in [9.17, 15) is 18.8 Å². The molecule has 0 unspecified atom stereocenters. The fourth-order valence-electron chi connectivity index (χ4n) is 2.48. The lowest BCUT2D eigenvalue weighted by Gasteiger charge is -2.15. The number of imide groups is 1. The number of hydrogen-bond acceptors (Lipinski definition) is 5. The fraction of sp³-hybridized carbons (Fsp3) is 0.167. The number of carbonyl (C=O) groups excluding carboxylic acids is 3. The second-order valence-corrected chi connectivity index (χ2v) is 5.59. The predicted molar refractivity (Wildman–Crippen MR) is 90.5 cm³/mol. The van der Waals surface area contributed by atoms with Gasteiger partial charge in [-0.1, -0.05) is 18.2 Å². The molecule has 0 saturated carbocycles. The first-order valence-electron chi connectivity index (χ1n) is 7.89. The van der Waals surface area contributed by atoms with Gasteiger partial charge in [0.1, 0.15) is 17.6 Å². The van der Waals surface area contributed by atoms with Crippen LogP contribution in [0.3, 0.4) is 0 Å². The molecule has 0 aliphatic carbocycles. The first kappa shape index (κ1) is 17.6. The lowest BCUT2D eigenvalue weighted by molar-refractivity contribution is -0.125. The molecule has 1 aliphatic heterocycles. The van der Waals surface area contributed by atoms with Gasteiger partial charge in [0.05, 0.1) is 12.1 Å². The number of rotatable bonds is 6. The van der Waals surface area contributed by atoms with Crippen LogP contribution in [0.25, 0.3) is 0 Å². The van der Waals surface area contributed by atoms with Gasteiger partial charge in [0, 0.05) is 0 Å². The molecule has 0 spiro atoms. The largest absolute Gasteiger partial charge is 0.484 e. The molecule has 1 heterocycles. The molecule has 3 amide bonds. The summed E-state index contributed by atoms with van der Waals surface area (Å²) in [7, 11) is 0. The molecule has 7 nitrogen and oxygen atoms in total. The van der Waals surface area contributed by atoms with Crippen LogP contribution >= 0.6 is 0 Å². The molecule has 1 atom stereocenters. The Morgan fingerprint density at radius 2 is 1.81 bits per heavy atom. The molecule has 8 heteroatoms. The number of benzene rings is 2. The highest BCUT2D eigenvalue weighted by molar-refractivity contribution is 6.22. The molecule has 2 aromatic rings. The van der Waals surface area contributed by atoms with E-state index in [-0.39, 0.29) is 18.9 Å². The van der Waals surface area contributed by atoms with Crippen LogP contribution in [-0.4, -0.2) is 30.4 Å². The molecule has 0 bridgehead atoms. The molecule has 26 heavy (non-hydrogen) atoms. The maximum Gasteiger partial charge on any atom is 0.272 e. The van der Waals surface area contributed by atoms with E-state index < -0.39 is 23.7 Å². The van der Waals surface area contributed by atoms with E-state index in [1.54, 1.807) is 30.3 Å². The number of nitrogens with one attached hydrogen (secondary N) is 2. The molecule has 2 N–H and O–H groups in total. The zero-order chi connectivity index (χ0) is 18.5. The SMILES string of the molecule is O=C(COc1ccc(F)cc1)NN[C@H]1CC(=O)N(c2ccccc2)C1=O. The smallest absolute Gasteiger partial charge is 0.272 e. The summed E-state index contributed by atoms with van der Waals surface area (Å²) >= 11 is 0. The van der Waals surface area contributed by atoms with E-state index >= 15 is 0 Å². The van der Waals surface area contributed by atoms with E-state index in [1.165, 1.54) is 24.3 Å². The van der Waals surface area contributed by atoms with Gasteiger partial charge < -0.3 is 4.74 Å². The van der Waals surface area contributed by atoms with Gasteiger partial charge in [-0.3, -0.25) is 19.8 Å². The number of para-hydroxylation sites is 1. The van der Waals surface area contributed by atoms with E-state index in [4.69, 9.17) is 4.74 Å². The van der Waals surface area contributed by atoms with Crippen LogP contribution in [0.2, 0.25) is 0 Å². The Labute approximate surface area is 148 Å². The topological polar surface area (TPSA) is 87.7 Å². The summed E-state index contributed by atoms with van der Waals surface area (Å²) in [6.45, 7) is -0.324. The molecule has 3 rings (SSSR count). The van der Waals surface area contributed by atoms with Crippen LogP contribution in [0.15, 0.2) is 54.6 Å². The second kappa shape index (κ2) is 7.75. The molecule has 0 aromatic heterocycles. The van der Waals surface area contributed by atoms with E-state index in [0.29, 0.717) is 11.4 Å². The van der Waals surface area contributed by atoms with Gasteiger partial charge in [0.25, 0.3) is 11.8 Å². The van der Waals surface area contributed by atoms with Crippen molar-refractivity contribution in [1.29, 1.82) is 0 Å². The summed E-state index contributed by atoms with van der Waals surface area (Å²) in [6.07, 6.45) is -0.0627. The molecule has 1 aliphatic rings. The molecular weight excluding hydrogens is 341 g/mol. The van der Waals surface area contributed by atoms with Crippen molar-refractivity contribution in [2.75, 3.05) is 11.5 Å². The molecule has 1 fully saturated rings. The summed E-state index contributed by atoms with van der Waals surface area (Å²) in [5.41, 5.74) is 5.38. The lowest BCUT2D eigenvalue weighted by Crippen LogP contribution is -2.49. The van der Waals surface area contributed by atoms with Gasteiger partial charge in [-0.05, 0) is 36.4 Å². The highest BCUT2D eigenvalue weighted by atomic mass is 19.1. The summed E-state index contributed by atoms with van der Waals surface area (Å²) in [6, 6.07) is 12.9. The van der Waals surface area contributed by atoms with Crippen molar-refractivity contribution in [2.45, 2.75) is 12.5 Å². The standard InChI is InChI=1S/C18H16FN3O4/c19-12-6-8-14(9-7-12)26-11-16(23)21-20-15-10-17(24)22(18(15)25)13-4-2-1-3-5-13/h1-9,15,20H,10-11H2,(H,21,23)/t15-/m0/s1. The van der Waals surface area contributed by atoms with Crippen LogP contribution in [0.4, 0.5) is 10.1 Å². The number of anilines is 1. The van der Waals surface area contributed by atoms with Crippen LogP contribution in [0, 0.1) is 5.82 Å². The van der Waals surface area contributed by atoms with E-state index in [2.05, 4.69) is 10.9 Å². The maximum atomic E-state index is 12.8. The summed E-state index contributed by atoms with van der Waals surface area (Å²) in [5, 5.41) is 0. The molecule has 1 saturated heterocycles. The first-order chi connectivity index (χ1) is 12.5. The molecule has 2 aromatic carbocycles. The minimum Gasteiger partial charge on any atom is -0.484 e. The van der Waals surface area contributed by atoms with Gasteiger partial charge in [-0.2, -0.15) is 0 Å². The van der Waals surface area contributed by atoms with Gasteiger partial charge in [0.15, 0.2) is 6.61 Å². The predicted octanol–water partition coefficient (Wildman–Crippen LogP) is 1.16. The Morgan fingerprint density at radius 1 is 1.12 bits per heavy atom. The van der Waals surface area contributed by atoms with Crippen LogP contribution < -0.4 is 20.5 Å².